The van der Waals surface area contributed by atoms with Gasteiger partial charge in [0.1, 0.15) is 0 Å². The van der Waals surface area contributed by atoms with E-state index in [1.165, 1.54) is 59.4 Å². The van der Waals surface area contributed by atoms with Crippen LogP contribution >= 0.6 is 0 Å². The number of hydrogen-bond acceptors (Lipinski definition) is 3. The molecule has 57 heavy (non-hydrogen) atoms. The highest BCUT2D eigenvalue weighted by molar-refractivity contribution is 7.23. The van der Waals surface area contributed by atoms with E-state index in [2.05, 4.69) is 216 Å². The van der Waals surface area contributed by atoms with Gasteiger partial charge in [0.15, 0.2) is 8.07 Å². The number of hydrogen-bond donors (Lipinski definition) is 0. The SMILES string of the molecule is c1ccc(-c2cc(-c3ccccc3)nc(N3c4ccccc4[Si]4(c5ccccc5-c5c4ccc4c5c5ccccc5n4-c4ccccc4)c4ccccc43)n2)cc1. The van der Waals surface area contributed by atoms with E-state index < -0.39 is 8.07 Å². The zero-order valence-electron chi connectivity index (χ0n) is 30.9. The second kappa shape index (κ2) is 12.3. The number of aromatic nitrogens is 3. The Labute approximate surface area is 331 Å². The summed E-state index contributed by atoms with van der Waals surface area (Å²) >= 11 is 0. The molecule has 5 heteroatoms. The maximum absolute atomic E-state index is 5.39. The predicted molar refractivity (Wildman–Crippen MR) is 238 cm³/mol. The fraction of sp³-hybridized carbons (Fsp3) is 0. The van der Waals surface area contributed by atoms with Crippen molar-refractivity contribution in [2.75, 3.05) is 4.90 Å². The first-order chi connectivity index (χ1) is 28.3. The van der Waals surface area contributed by atoms with Gasteiger partial charge in [0.2, 0.25) is 5.95 Å². The van der Waals surface area contributed by atoms with Crippen LogP contribution < -0.4 is 25.6 Å². The van der Waals surface area contributed by atoms with Crippen molar-refractivity contribution >= 4 is 67.9 Å². The first-order valence-electron chi connectivity index (χ1n) is 19.5. The average molecular weight is 743 g/mol. The lowest BCUT2D eigenvalue weighted by Gasteiger charge is -2.42. The summed E-state index contributed by atoms with van der Waals surface area (Å²) in [6.07, 6.45) is 0. The molecule has 0 atom stereocenters. The fourth-order valence-corrected chi connectivity index (χ4v) is 15.3. The molecule has 0 saturated heterocycles. The van der Waals surface area contributed by atoms with E-state index in [0.29, 0.717) is 5.95 Å². The van der Waals surface area contributed by atoms with E-state index in [-0.39, 0.29) is 0 Å². The van der Waals surface area contributed by atoms with Crippen LogP contribution in [0.15, 0.2) is 206 Å². The largest absolute Gasteiger partial charge is 0.309 e. The highest BCUT2D eigenvalue weighted by atomic mass is 28.3. The molecule has 2 aromatic heterocycles. The lowest BCUT2D eigenvalue weighted by atomic mass is 9.99. The number of anilines is 3. The Morgan fingerprint density at radius 3 is 1.58 bits per heavy atom. The topological polar surface area (TPSA) is 34.0 Å². The first-order valence-corrected chi connectivity index (χ1v) is 21.5. The van der Waals surface area contributed by atoms with Gasteiger partial charge in [-0.15, -0.1) is 0 Å². The Bertz CT molecular complexity index is 3090. The van der Waals surface area contributed by atoms with Gasteiger partial charge in [-0.25, -0.2) is 9.97 Å². The lowest BCUT2D eigenvalue weighted by Crippen LogP contribution is -2.75. The predicted octanol–water partition coefficient (Wildman–Crippen LogP) is 10.0. The molecule has 2 aliphatic heterocycles. The molecular formula is C52H34N4Si. The molecule has 0 saturated carbocycles. The number of fused-ring (bicyclic) bond motifs is 13. The van der Waals surface area contributed by atoms with Crippen molar-refractivity contribution in [1.29, 1.82) is 0 Å². The van der Waals surface area contributed by atoms with Gasteiger partial charge in [-0.1, -0.05) is 164 Å². The first kappa shape index (κ1) is 32.0. The zero-order valence-corrected chi connectivity index (χ0v) is 31.9. The van der Waals surface area contributed by atoms with Gasteiger partial charge in [0.05, 0.1) is 22.4 Å². The maximum Gasteiger partial charge on any atom is 0.235 e. The molecular weight excluding hydrogens is 709 g/mol. The van der Waals surface area contributed by atoms with Crippen LogP contribution in [0.1, 0.15) is 0 Å². The number of benzene rings is 8. The van der Waals surface area contributed by atoms with Crippen LogP contribution in [-0.2, 0) is 0 Å². The summed E-state index contributed by atoms with van der Waals surface area (Å²) in [5.74, 6) is 0.659. The summed E-state index contributed by atoms with van der Waals surface area (Å²) in [6, 6.07) is 74.9. The highest BCUT2D eigenvalue weighted by Gasteiger charge is 2.54. The summed E-state index contributed by atoms with van der Waals surface area (Å²) in [6.45, 7) is 0. The minimum atomic E-state index is -2.91. The molecule has 12 rings (SSSR count). The Balaban J connectivity index is 1.17. The Morgan fingerprint density at radius 2 is 0.930 bits per heavy atom. The van der Waals surface area contributed by atoms with Gasteiger partial charge in [-0.2, -0.15) is 0 Å². The van der Waals surface area contributed by atoms with Crippen molar-refractivity contribution < 1.29 is 0 Å². The molecule has 2 aliphatic rings. The monoisotopic (exact) mass is 742 g/mol. The molecule has 10 aromatic rings. The summed E-state index contributed by atoms with van der Waals surface area (Å²) < 4.78 is 2.44. The second-order valence-corrected chi connectivity index (χ2v) is 18.6. The van der Waals surface area contributed by atoms with Crippen molar-refractivity contribution in [2.45, 2.75) is 0 Å². The molecule has 0 bridgehead atoms. The van der Waals surface area contributed by atoms with E-state index in [0.717, 1.165) is 33.9 Å². The standard InChI is InChI=1S/C52H34N4Si/c1-4-18-35(19-5-1)40-34-41(36-20-6-2-7-21-36)54-52(53-40)56-43-27-13-16-30-47(43)57(48-31-17-14-28-44(48)56)46-29-15-11-25-39(46)51-49(57)33-32-45-50(51)38-24-10-12-26-42(38)55(45)37-22-8-3-9-23-37/h1-34H. The minimum absolute atomic E-state index is 0.659. The molecule has 0 aliphatic carbocycles. The van der Waals surface area contributed by atoms with Gasteiger partial charge in [-0.3, -0.25) is 4.90 Å². The van der Waals surface area contributed by atoms with E-state index in [9.17, 15) is 0 Å². The third-order valence-electron chi connectivity index (χ3n) is 12.0. The number of rotatable bonds is 4. The lowest BCUT2D eigenvalue weighted by molar-refractivity contribution is 1.09. The van der Waals surface area contributed by atoms with Crippen molar-refractivity contribution in [3.05, 3.63) is 206 Å². The van der Waals surface area contributed by atoms with Crippen LogP contribution in [0.2, 0.25) is 0 Å². The van der Waals surface area contributed by atoms with E-state index in [1.54, 1.807) is 0 Å². The van der Waals surface area contributed by atoms with Crippen molar-refractivity contribution in [3.8, 4) is 39.3 Å². The van der Waals surface area contributed by atoms with Crippen LogP contribution in [0.5, 0.6) is 0 Å². The molecule has 0 amide bonds. The van der Waals surface area contributed by atoms with Gasteiger partial charge >= 0.3 is 0 Å². The van der Waals surface area contributed by atoms with Gasteiger partial charge < -0.3 is 4.57 Å². The van der Waals surface area contributed by atoms with Crippen molar-refractivity contribution in [2.24, 2.45) is 0 Å². The molecule has 0 radical (unpaired) electrons. The van der Waals surface area contributed by atoms with E-state index in [4.69, 9.17) is 9.97 Å². The summed E-state index contributed by atoms with van der Waals surface area (Å²) in [7, 11) is -2.91. The molecule has 4 heterocycles. The maximum atomic E-state index is 5.39. The Hall–Kier alpha value is -7.34. The summed E-state index contributed by atoms with van der Waals surface area (Å²) in [5.41, 5.74) is 12.4. The summed E-state index contributed by atoms with van der Waals surface area (Å²) in [5, 5.41) is 8.12. The molecule has 0 unspecified atom stereocenters. The van der Waals surface area contributed by atoms with Crippen LogP contribution in [0.3, 0.4) is 0 Å². The van der Waals surface area contributed by atoms with Crippen LogP contribution in [0.4, 0.5) is 17.3 Å². The second-order valence-electron chi connectivity index (χ2n) is 14.9. The van der Waals surface area contributed by atoms with Gasteiger partial charge in [-0.05, 0) is 74.3 Å². The van der Waals surface area contributed by atoms with Crippen LogP contribution in [0.25, 0.3) is 61.1 Å². The highest BCUT2D eigenvalue weighted by Crippen LogP contribution is 2.45. The Morgan fingerprint density at radius 1 is 0.404 bits per heavy atom. The number of para-hydroxylation sites is 4. The third-order valence-corrected chi connectivity index (χ3v) is 16.9. The van der Waals surface area contributed by atoms with Crippen molar-refractivity contribution in [3.63, 3.8) is 0 Å². The van der Waals surface area contributed by atoms with Crippen molar-refractivity contribution in [1.82, 2.24) is 14.5 Å². The molecule has 0 N–H and O–H groups in total. The normalized spacial score (nSPS) is 13.4. The van der Waals surface area contributed by atoms with E-state index in [1.807, 2.05) is 0 Å². The number of nitrogens with zero attached hydrogens (tertiary/aromatic N) is 4. The van der Waals surface area contributed by atoms with Gasteiger partial charge in [0.25, 0.3) is 0 Å². The molecule has 8 aromatic carbocycles. The zero-order chi connectivity index (χ0) is 37.5. The molecule has 4 nitrogen and oxygen atoms in total. The van der Waals surface area contributed by atoms with Crippen LogP contribution in [0, 0.1) is 0 Å². The quantitative estimate of drug-likeness (QED) is 0.169. The minimum Gasteiger partial charge on any atom is -0.309 e. The third kappa shape index (κ3) is 4.49. The molecule has 266 valence electrons. The Kier molecular flexibility index (Phi) is 6.91. The average Bonchev–Trinajstić information content (AvgIpc) is 3.78. The smallest absolute Gasteiger partial charge is 0.235 e. The van der Waals surface area contributed by atoms with E-state index >= 15 is 0 Å². The van der Waals surface area contributed by atoms with Crippen LogP contribution in [-0.4, -0.2) is 22.6 Å². The summed E-state index contributed by atoms with van der Waals surface area (Å²) in [4.78, 5) is 13.1. The fourth-order valence-electron chi connectivity index (χ4n) is 9.77. The van der Waals surface area contributed by atoms with Gasteiger partial charge in [0, 0.05) is 39.0 Å². The molecule has 0 fully saturated rings. The molecule has 1 spiro atoms.